The van der Waals surface area contributed by atoms with E-state index in [4.69, 9.17) is 4.74 Å². The summed E-state index contributed by atoms with van der Waals surface area (Å²) in [6, 6.07) is 7.97. The average Bonchev–Trinajstić information content (AvgIpc) is 3.44. The zero-order valence-electron chi connectivity index (χ0n) is 15.0. The van der Waals surface area contributed by atoms with Crippen LogP contribution in [-0.2, 0) is 14.3 Å². The summed E-state index contributed by atoms with van der Waals surface area (Å²) in [5.41, 5.74) is 1.82. The number of rotatable bonds is 6. The van der Waals surface area contributed by atoms with Gasteiger partial charge in [0.2, 0.25) is 11.8 Å². The summed E-state index contributed by atoms with van der Waals surface area (Å²) < 4.78 is 5.40. The van der Waals surface area contributed by atoms with Crippen molar-refractivity contribution in [1.29, 1.82) is 0 Å². The Balaban J connectivity index is 1.60. The van der Waals surface area contributed by atoms with Gasteiger partial charge in [0, 0.05) is 19.1 Å². The third-order valence-electron chi connectivity index (χ3n) is 4.98. The highest BCUT2D eigenvalue weighted by molar-refractivity contribution is 6.01. The Bertz CT molecular complexity index is 628. The summed E-state index contributed by atoms with van der Waals surface area (Å²) in [5, 5.41) is 5.98. The zero-order valence-corrected chi connectivity index (χ0v) is 15.0. The Morgan fingerprint density at radius 1 is 1.20 bits per heavy atom. The number of carbonyl (C=O) groups is 2. The lowest BCUT2D eigenvalue weighted by Crippen LogP contribution is -2.37. The number of amides is 2. The van der Waals surface area contributed by atoms with E-state index in [-0.39, 0.29) is 29.7 Å². The SMILES string of the molecule is CCC(C)NC(=O)C1CC1C(=O)Nc1ccccc1N1CCOCC1. The minimum atomic E-state index is -0.221. The van der Waals surface area contributed by atoms with Crippen LogP contribution in [0.5, 0.6) is 0 Å². The van der Waals surface area contributed by atoms with Crippen LogP contribution in [-0.4, -0.2) is 44.2 Å². The van der Waals surface area contributed by atoms with Crippen LogP contribution in [0.2, 0.25) is 0 Å². The van der Waals surface area contributed by atoms with Gasteiger partial charge in [-0.05, 0) is 31.9 Å². The third kappa shape index (κ3) is 4.31. The van der Waals surface area contributed by atoms with E-state index in [0.717, 1.165) is 30.9 Å². The molecule has 2 fully saturated rings. The molecular formula is C19H27N3O3. The molecule has 1 aliphatic carbocycles. The predicted octanol–water partition coefficient (Wildman–Crippen LogP) is 2.01. The summed E-state index contributed by atoms with van der Waals surface area (Å²) in [6.45, 7) is 7.04. The number of ether oxygens (including phenoxy) is 1. The normalized spacial score (nSPS) is 23.7. The molecule has 6 heteroatoms. The van der Waals surface area contributed by atoms with Crippen molar-refractivity contribution < 1.29 is 14.3 Å². The Labute approximate surface area is 148 Å². The smallest absolute Gasteiger partial charge is 0.228 e. The van der Waals surface area contributed by atoms with Gasteiger partial charge in [-0.2, -0.15) is 0 Å². The lowest BCUT2D eigenvalue weighted by Gasteiger charge is -2.30. The number of hydrogen-bond donors (Lipinski definition) is 2. The third-order valence-corrected chi connectivity index (χ3v) is 4.98. The summed E-state index contributed by atoms with van der Waals surface area (Å²) >= 11 is 0. The molecule has 3 unspecified atom stereocenters. The maximum Gasteiger partial charge on any atom is 0.228 e. The number of nitrogens with one attached hydrogen (secondary N) is 2. The van der Waals surface area contributed by atoms with Gasteiger partial charge in [-0.15, -0.1) is 0 Å². The highest BCUT2D eigenvalue weighted by Gasteiger charge is 2.48. The molecule has 136 valence electrons. The lowest BCUT2D eigenvalue weighted by molar-refractivity contribution is -0.125. The maximum absolute atomic E-state index is 12.5. The molecule has 3 rings (SSSR count). The number of hydrogen-bond acceptors (Lipinski definition) is 4. The van der Waals surface area contributed by atoms with Crippen molar-refractivity contribution in [1.82, 2.24) is 5.32 Å². The lowest BCUT2D eigenvalue weighted by atomic mass is 10.2. The van der Waals surface area contributed by atoms with Gasteiger partial charge in [0.1, 0.15) is 0 Å². The largest absolute Gasteiger partial charge is 0.378 e. The Kier molecular flexibility index (Phi) is 5.58. The molecule has 25 heavy (non-hydrogen) atoms. The van der Waals surface area contributed by atoms with Crippen molar-refractivity contribution in [2.45, 2.75) is 32.7 Å². The van der Waals surface area contributed by atoms with Crippen LogP contribution < -0.4 is 15.5 Å². The second kappa shape index (κ2) is 7.87. The van der Waals surface area contributed by atoms with Crippen LogP contribution >= 0.6 is 0 Å². The summed E-state index contributed by atoms with van der Waals surface area (Å²) in [7, 11) is 0. The molecule has 2 aliphatic rings. The van der Waals surface area contributed by atoms with E-state index in [0.29, 0.717) is 19.6 Å². The van der Waals surface area contributed by atoms with Crippen LogP contribution in [0.3, 0.4) is 0 Å². The molecule has 0 bridgehead atoms. The Morgan fingerprint density at radius 3 is 2.60 bits per heavy atom. The fourth-order valence-corrected chi connectivity index (χ4v) is 3.11. The first kappa shape index (κ1) is 17.7. The number of morpholine rings is 1. The van der Waals surface area contributed by atoms with E-state index < -0.39 is 0 Å². The van der Waals surface area contributed by atoms with Crippen molar-refractivity contribution in [3.8, 4) is 0 Å². The molecule has 1 saturated heterocycles. The van der Waals surface area contributed by atoms with Crippen molar-refractivity contribution in [3.05, 3.63) is 24.3 Å². The van der Waals surface area contributed by atoms with Gasteiger partial charge in [-0.1, -0.05) is 19.1 Å². The number of para-hydroxylation sites is 2. The highest BCUT2D eigenvalue weighted by atomic mass is 16.5. The molecule has 6 nitrogen and oxygen atoms in total. The topological polar surface area (TPSA) is 70.7 Å². The van der Waals surface area contributed by atoms with E-state index in [9.17, 15) is 9.59 Å². The van der Waals surface area contributed by atoms with Crippen LogP contribution in [0.25, 0.3) is 0 Å². The number of anilines is 2. The minimum absolute atomic E-state index is 0.00374. The van der Waals surface area contributed by atoms with E-state index in [1.807, 2.05) is 38.1 Å². The van der Waals surface area contributed by atoms with Crippen molar-refractivity contribution in [3.63, 3.8) is 0 Å². The van der Waals surface area contributed by atoms with E-state index >= 15 is 0 Å². The van der Waals surface area contributed by atoms with Gasteiger partial charge >= 0.3 is 0 Å². The Morgan fingerprint density at radius 2 is 1.88 bits per heavy atom. The van der Waals surface area contributed by atoms with Crippen LogP contribution in [0.4, 0.5) is 11.4 Å². The van der Waals surface area contributed by atoms with Crippen molar-refractivity contribution in [2.75, 3.05) is 36.5 Å². The van der Waals surface area contributed by atoms with Gasteiger partial charge in [-0.3, -0.25) is 9.59 Å². The van der Waals surface area contributed by atoms with Gasteiger partial charge in [0.05, 0.1) is 36.4 Å². The second-order valence-corrected chi connectivity index (χ2v) is 6.87. The fourth-order valence-electron chi connectivity index (χ4n) is 3.11. The monoisotopic (exact) mass is 345 g/mol. The van der Waals surface area contributed by atoms with Crippen LogP contribution in [0.15, 0.2) is 24.3 Å². The van der Waals surface area contributed by atoms with Gasteiger partial charge in [0.25, 0.3) is 0 Å². The molecular weight excluding hydrogens is 318 g/mol. The van der Waals surface area contributed by atoms with Gasteiger partial charge in [-0.25, -0.2) is 0 Å². The first-order valence-electron chi connectivity index (χ1n) is 9.13. The molecule has 1 saturated carbocycles. The predicted molar refractivity (Wildman–Crippen MR) is 97.6 cm³/mol. The molecule has 1 aliphatic heterocycles. The summed E-state index contributed by atoms with van der Waals surface area (Å²) in [6.07, 6.45) is 1.52. The van der Waals surface area contributed by atoms with Gasteiger partial charge < -0.3 is 20.3 Å². The van der Waals surface area contributed by atoms with Gasteiger partial charge in [0.15, 0.2) is 0 Å². The molecule has 2 amide bonds. The fraction of sp³-hybridized carbons (Fsp3) is 0.579. The number of carbonyl (C=O) groups excluding carboxylic acids is 2. The first-order valence-corrected chi connectivity index (χ1v) is 9.13. The number of benzene rings is 1. The molecule has 0 aromatic heterocycles. The summed E-state index contributed by atoms with van der Waals surface area (Å²) in [4.78, 5) is 26.9. The second-order valence-electron chi connectivity index (χ2n) is 6.87. The van der Waals surface area contributed by atoms with E-state index in [1.165, 1.54) is 0 Å². The molecule has 1 heterocycles. The molecule has 1 aromatic carbocycles. The van der Waals surface area contributed by atoms with Crippen LogP contribution in [0.1, 0.15) is 26.7 Å². The van der Waals surface area contributed by atoms with Crippen molar-refractivity contribution >= 4 is 23.2 Å². The van der Waals surface area contributed by atoms with E-state index in [1.54, 1.807) is 0 Å². The van der Waals surface area contributed by atoms with Crippen molar-refractivity contribution in [2.24, 2.45) is 11.8 Å². The quantitative estimate of drug-likeness (QED) is 0.827. The minimum Gasteiger partial charge on any atom is -0.378 e. The average molecular weight is 345 g/mol. The highest BCUT2D eigenvalue weighted by Crippen LogP contribution is 2.40. The van der Waals surface area contributed by atoms with Crippen LogP contribution in [0, 0.1) is 11.8 Å². The maximum atomic E-state index is 12.5. The standard InChI is InChI=1S/C19H27N3O3/c1-3-13(2)20-18(23)14-12-15(14)19(24)21-16-6-4-5-7-17(16)22-8-10-25-11-9-22/h4-7,13-15H,3,8-12H2,1-2H3,(H,20,23)(H,21,24). The first-order chi connectivity index (χ1) is 12.1. The zero-order chi connectivity index (χ0) is 17.8. The molecule has 3 atom stereocenters. The molecule has 1 aromatic rings. The molecule has 0 spiro atoms. The van der Waals surface area contributed by atoms with E-state index in [2.05, 4.69) is 15.5 Å². The molecule has 2 N–H and O–H groups in total. The summed E-state index contributed by atoms with van der Waals surface area (Å²) in [5.74, 6) is -0.479. The number of nitrogens with zero attached hydrogens (tertiary/aromatic N) is 1. The Hall–Kier alpha value is -2.08. The molecule has 0 radical (unpaired) electrons.